The molecular formula is C21H20ClF3N4. The summed E-state index contributed by atoms with van der Waals surface area (Å²) in [6, 6.07) is 14.2. The maximum Gasteiger partial charge on any atom is 0.421 e. The van der Waals surface area contributed by atoms with Crippen LogP contribution in [0.1, 0.15) is 30.9 Å². The molecule has 0 unspecified atom stereocenters. The van der Waals surface area contributed by atoms with Gasteiger partial charge in [0, 0.05) is 11.9 Å². The van der Waals surface area contributed by atoms with Gasteiger partial charge in [0.25, 0.3) is 0 Å². The van der Waals surface area contributed by atoms with E-state index in [0.717, 1.165) is 25.5 Å². The Morgan fingerprint density at radius 3 is 2.38 bits per heavy atom. The zero-order valence-electron chi connectivity index (χ0n) is 15.7. The number of unbranched alkanes of at least 4 members (excludes halogenated alkanes) is 1. The van der Waals surface area contributed by atoms with Crippen LogP contribution in [0, 0.1) is 0 Å². The normalized spacial score (nSPS) is 11.3. The standard InChI is InChI=1S/C21H20ClF3N4/c1-2-3-6-14-9-11-15(12-10-14)27-20-26-13-16(21(23,24)25)19(29-20)28-18-8-5-4-7-17(18)22/h4-5,7-13H,2-3,6H2,1H3,(H2,26,27,28,29). The molecule has 152 valence electrons. The minimum absolute atomic E-state index is 0.0499. The molecule has 0 spiro atoms. The summed E-state index contributed by atoms with van der Waals surface area (Å²) in [4.78, 5) is 7.85. The van der Waals surface area contributed by atoms with Crippen molar-refractivity contribution in [3.05, 3.63) is 70.9 Å². The summed E-state index contributed by atoms with van der Waals surface area (Å²) in [5, 5.41) is 5.90. The lowest BCUT2D eigenvalue weighted by molar-refractivity contribution is -0.137. The van der Waals surface area contributed by atoms with Crippen molar-refractivity contribution in [1.82, 2.24) is 9.97 Å². The summed E-state index contributed by atoms with van der Waals surface area (Å²) in [7, 11) is 0. The average molecular weight is 421 g/mol. The Hall–Kier alpha value is -2.80. The summed E-state index contributed by atoms with van der Waals surface area (Å²) in [6.45, 7) is 2.13. The van der Waals surface area contributed by atoms with E-state index in [1.165, 1.54) is 5.56 Å². The molecule has 0 fully saturated rings. The summed E-state index contributed by atoms with van der Waals surface area (Å²) in [6.07, 6.45) is -0.654. The molecule has 3 rings (SSSR count). The number of anilines is 4. The number of hydrogen-bond acceptors (Lipinski definition) is 4. The zero-order valence-corrected chi connectivity index (χ0v) is 16.5. The monoisotopic (exact) mass is 420 g/mol. The summed E-state index contributed by atoms with van der Waals surface area (Å²) < 4.78 is 40.1. The lowest BCUT2D eigenvalue weighted by Crippen LogP contribution is -2.12. The van der Waals surface area contributed by atoms with Crippen molar-refractivity contribution in [1.29, 1.82) is 0 Å². The highest BCUT2D eigenvalue weighted by Gasteiger charge is 2.35. The summed E-state index contributed by atoms with van der Waals surface area (Å²) in [5.74, 6) is -0.323. The number of nitrogens with zero attached hydrogens (tertiary/aromatic N) is 2. The molecule has 0 radical (unpaired) electrons. The number of aromatic nitrogens is 2. The first kappa shape index (κ1) is 20.9. The molecule has 29 heavy (non-hydrogen) atoms. The maximum absolute atomic E-state index is 13.4. The Kier molecular flexibility index (Phi) is 6.59. The van der Waals surface area contributed by atoms with Crippen LogP contribution in [0.5, 0.6) is 0 Å². The molecule has 0 aliphatic heterocycles. The van der Waals surface area contributed by atoms with E-state index in [0.29, 0.717) is 11.4 Å². The molecule has 1 heterocycles. The molecule has 2 N–H and O–H groups in total. The highest BCUT2D eigenvalue weighted by atomic mass is 35.5. The number of alkyl halides is 3. The van der Waals surface area contributed by atoms with Crippen LogP contribution in [0.4, 0.5) is 36.3 Å². The molecule has 0 saturated heterocycles. The van der Waals surface area contributed by atoms with Gasteiger partial charge >= 0.3 is 6.18 Å². The van der Waals surface area contributed by atoms with Gasteiger partial charge in [-0.15, -0.1) is 0 Å². The van der Waals surface area contributed by atoms with Crippen molar-refractivity contribution in [2.24, 2.45) is 0 Å². The van der Waals surface area contributed by atoms with Gasteiger partial charge < -0.3 is 10.6 Å². The molecule has 2 aromatic carbocycles. The first-order chi connectivity index (χ1) is 13.9. The SMILES string of the molecule is CCCCc1ccc(Nc2ncc(C(F)(F)F)c(Nc3ccccc3Cl)n2)cc1. The van der Waals surface area contributed by atoms with Crippen molar-refractivity contribution in [2.45, 2.75) is 32.4 Å². The highest BCUT2D eigenvalue weighted by molar-refractivity contribution is 6.33. The second-order valence-corrected chi connectivity index (χ2v) is 6.89. The van der Waals surface area contributed by atoms with Gasteiger partial charge in [0.2, 0.25) is 5.95 Å². The molecule has 1 aromatic heterocycles. The second kappa shape index (κ2) is 9.13. The van der Waals surface area contributed by atoms with E-state index in [1.807, 2.05) is 24.3 Å². The molecule has 0 aliphatic rings. The quantitative estimate of drug-likeness (QED) is 0.433. The van der Waals surface area contributed by atoms with Gasteiger partial charge in [0.05, 0.1) is 10.7 Å². The largest absolute Gasteiger partial charge is 0.421 e. The van der Waals surface area contributed by atoms with E-state index in [1.54, 1.807) is 24.3 Å². The van der Waals surface area contributed by atoms with Crippen LogP contribution in [-0.2, 0) is 12.6 Å². The van der Waals surface area contributed by atoms with Gasteiger partial charge in [-0.1, -0.05) is 49.2 Å². The topological polar surface area (TPSA) is 49.8 Å². The maximum atomic E-state index is 13.4. The van der Waals surface area contributed by atoms with E-state index >= 15 is 0 Å². The molecular weight excluding hydrogens is 401 g/mol. The Morgan fingerprint density at radius 2 is 1.72 bits per heavy atom. The molecule has 0 atom stereocenters. The molecule has 3 aromatic rings. The van der Waals surface area contributed by atoms with Gasteiger partial charge in [0.1, 0.15) is 11.4 Å². The number of benzene rings is 2. The third-order valence-electron chi connectivity index (χ3n) is 4.25. The molecule has 8 heteroatoms. The lowest BCUT2D eigenvalue weighted by atomic mass is 10.1. The van der Waals surface area contributed by atoms with Crippen molar-refractivity contribution in [3.63, 3.8) is 0 Å². The van der Waals surface area contributed by atoms with Crippen LogP contribution in [0.25, 0.3) is 0 Å². The van der Waals surface area contributed by atoms with Gasteiger partial charge in [-0.2, -0.15) is 18.2 Å². The molecule has 4 nitrogen and oxygen atoms in total. The highest BCUT2D eigenvalue weighted by Crippen LogP contribution is 2.36. The van der Waals surface area contributed by atoms with Crippen molar-refractivity contribution in [2.75, 3.05) is 10.6 Å². The van der Waals surface area contributed by atoms with E-state index in [-0.39, 0.29) is 16.8 Å². The average Bonchev–Trinajstić information content (AvgIpc) is 2.68. The zero-order chi connectivity index (χ0) is 20.9. The van der Waals surface area contributed by atoms with Crippen LogP contribution >= 0.6 is 11.6 Å². The third kappa shape index (κ3) is 5.60. The number of hydrogen-bond donors (Lipinski definition) is 2. The van der Waals surface area contributed by atoms with Gasteiger partial charge in [0.15, 0.2) is 0 Å². The van der Waals surface area contributed by atoms with Crippen LogP contribution < -0.4 is 10.6 Å². The van der Waals surface area contributed by atoms with Crippen molar-refractivity contribution < 1.29 is 13.2 Å². The fourth-order valence-corrected chi connectivity index (χ4v) is 2.88. The van der Waals surface area contributed by atoms with Crippen LogP contribution in [0.2, 0.25) is 5.02 Å². The number of aryl methyl sites for hydroxylation is 1. The number of para-hydroxylation sites is 1. The Morgan fingerprint density at radius 1 is 1.00 bits per heavy atom. The van der Waals surface area contributed by atoms with E-state index in [9.17, 15) is 13.2 Å². The smallest absolute Gasteiger partial charge is 0.338 e. The van der Waals surface area contributed by atoms with E-state index in [2.05, 4.69) is 27.5 Å². The number of rotatable bonds is 7. The fourth-order valence-electron chi connectivity index (χ4n) is 2.70. The first-order valence-electron chi connectivity index (χ1n) is 9.18. The van der Waals surface area contributed by atoms with Crippen LogP contribution in [-0.4, -0.2) is 9.97 Å². The van der Waals surface area contributed by atoms with E-state index in [4.69, 9.17) is 11.6 Å². The molecule has 0 saturated carbocycles. The van der Waals surface area contributed by atoms with Gasteiger partial charge in [-0.25, -0.2) is 4.98 Å². The Labute approximate surface area is 172 Å². The first-order valence-corrected chi connectivity index (χ1v) is 9.56. The molecule has 0 amide bonds. The van der Waals surface area contributed by atoms with E-state index < -0.39 is 11.7 Å². The number of nitrogens with one attached hydrogen (secondary N) is 2. The summed E-state index contributed by atoms with van der Waals surface area (Å²) in [5.41, 5.74) is 1.24. The predicted octanol–water partition coefficient (Wildman–Crippen LogP) is 6.98. The van der Waals surface area contributed by atoms with Crippen LogP contribution in [0.3, 0.4) is 0 Å². The Balaban J connectivity index is 1.86. The third-order valence-corrected chi connectivity index (χ3v) is 4.58. The van der Waals surface area contributed by atoms with Gasteiger partial charge in [-0.3, -0.25) is 0 Å². The Bertz CT molecular complexity index is 959. The predicted molar refractivity (Wildman–Crippen MR) is 110 cm³/mol. The summed E-state index contributed by atoms with van der Waals surface area (Å²) >= 11 is 6.06. The second-order valence-electron chi connectivity index (χ2n) is 6.48. The van der Waals surface area contributed by atoms with Crippen LogP contribution in [0.15, 0.2) is 54.7 Å². The van der Waals surface area contributed by atoms with Crippen molar-refractivity contribution in [3.8, 4) is 0 Å². The molecule has 0 aliphatic carbocycles. The number of halogens is 4. The van der Waals surface area contributed by atoms with Gasteiger partial charge in [-0.05, 0) is 42.7 Å². The molecule has 0 bridgehead atoms. The fraction of sp³-hybridized carbons (Fsp3) is 0.238. The minimum atomic E-state index is -4.61. The lowest BCUT2D eigenvalue weighted by Gasteiger charge is -2.15. The minimum Gasteiger partial charge on any atom is -0.338 e. The van der Waals surface area contributed by atoms with Crippen molar-refractivity contribution >= 4 is 34.7 Å².